The molecule has 0 radical (unpaired) electrons. The van der Waals surface area contributed by atoms with Gasteiger partial charge in [0.05, 0.1) is 30.0 Å². The monoisotopic (exact) mass is 422 g/mol. The van der Waals surface area contributed by atoms with Crippen LogP contribution in [-0.4, -0.2) is 45.0 Å². The van der Waals surface area contributed by atoms with Crippen LogP contribution in [0.4, 0.5) is 0 Å². The molecular weight excluding hydrogens is 396 g/mol. The van der Waals surface area contributed by atoms with Gasteiger partial charge in [-0.1, -0.05) is 25.1 Å². The molecule has 1 aromatic heterocycles. The van der Waals surface area contributed by atoms with E-state index in [0.717, 1.165) is 29.5 Å². The van der Waals surface area contributed by atoms with Gasteiger partial charge in [0.1, 0.15) is 6.54 Å². The van der Waals surface area contributed by atoms with Crippen molar-refractivity contribution in [2.24, 2.45) is 23.7 Å². The van der Waals surface area contributed by atoms with Gasteiger partial charge in [0, 0.05) is 11.4 Å². The molecule has 8 nitrogen and oxygen atoms in total. The highest BCUT2D eigenvalue weighted by molar-refractivity contribution is 6.08. The fraction of sp³-hybridized carbons (Fsp3) is 0.522. The molecule has 5 rings (SSSR count). The van der Waals surface area contributed by atoms with E-state index >= 15 is 0 Å². The third-order valence-corrected chi connectivity index (χ3v) is 7.33. The number of rotatable bonds is 6. The van der Waals surface area contributed by atoms with E-state index in [-0.39, 0.29) is 54.2 Å². The number of carbonyl (C=O) groups excluding carboxylic acids is 3. The molecule has 0 unspecified atom stereocenters. The zero-order valence-corrected chi connectivity index (χ0v) is 17.5. The standard InChI is InChI=1S/C23H26N4O4/c1-2-16(11-27-21(29)17-6-4-3-5-15(17)10-24-27)25-18(28)12-26-22(30)19-13-7-8-14(9-13)20(19)23(26)31/h3-6,10,13-14,16,19-20H,2,7-9,11-12H2,1H3,(H,25,28)/t13-,14+,16-,19+,20+/m1/s1. The minimum absolute atomic E-state index is 0.183. The summed E-state index contributed by atoms with van der Waals surface area (Å²) in [4.78, 5) is 52.2. The van der Waals surface area contributed by atoms with Crippen LogP contribution in [-0.2, 0) is 20.9 Å². The highest BCUT2D eigenvalue weighted by Crippen LogP contribution is 2.56. The SMILES string of the molecule is CC[C@H](Cn1ncc2ccccc2c1=O)NC(=O)CN1C(=O)[C@H]2[C@@H]3CC[C@@H](C3)[C@@H]2C1=O. The van der Waals surface area contributed by atoms with Crippen molar-refractivity contribution >= 4 is 28.5 Å². The lowest BCUT2D eigenvalue weighted by Crippen LogP contribution is -2.46. The average Bonchev–Trinajstić information content (AvgIpc) is 3.45. The van der Waals surface area contributed by atoms with E-state index in [0.29, 0.717) is 23.6 Å². The molecule has 5 atom stereocenters. The summed E-state index contributed by atoms with van der Waals surface area (Å²) in [6.07, 6.45) is 5.22. The number of amides is 3. The Kier molecular flexibility index (Phi) is 4.87. The van der Waals surface area contributed by atoms with Gasteiger partial charge in [0.15, 0.2) is 0 Å². The number of imide groups is 1. The minimum atomic E-state index is -0.380. The fourth-order valence-corrected chi connectivity index (χ4v) is 5.79. The molecule has 2 bridgehead atoms. The zero-order valence-electron chi connectivity index (χ0n) is 17.5. The van der Waals surface area contributed by atoms with Gasteiger partial charge in [-0.05, 0) is 43.6 Å². The molecule has 3 fully saturated rings. The normalized spacial score (nSPS) is 27.7. The van der Waals surface area contributed by atoms with Gasteiger partial charge in [-0.2, -0.15) is 5.10 Å². The van der Waals surface area contributed by atoms with Gasteiger partial charge in [-0.15, -0.1) is 0 Å². The van der Waals surface area contributed by atoms with Crippen molar-refractivity contribution < 1.29 is 14.4 Å². The van der Waals surface area contributed by atoms with E-state index in [4.69, 9.17) is 0 Å². The summed E-state index contributed by atoms with van der Waals surface area (Å²) in [5, 5.41) is 8.45. The second-order valence-corrected chi connectivity index (χ2v) is 9.04. The maximum Gasteiger partial charge on any atom is 0.274 e. The number of aromatic nitrogens is 2. The Hall–Kier alpha value is -3.03. The molecule has 3 amide bonds. The second-order valence-electron chi connectivity index (χ2n) is 9.04. The van der Waals surface area contributed by atoms with Gasteiger partial charge in [-0.3, -0.25) is 24.1 Å². The summed E-state index contributed by atoms with van der Waals surface area (Å²) in [5.41, 5.74) is -0.209. The molecule has 2 aromatic rings. The van der Waals surface area contributed by atoms with Crippen LogP contribution < -0.4 is 10.9 Å². The number of nitrogens with one attached hydrogen (secondary N) is 1. The van der Waals surface area contributed by atoms with Crippen LogP contribution in [0.2, 0.25) is 0 Å². The van der Waals surface area contributed by atoms with Crippen molar-refractivity contribution in [1.82, 2.24) is 20.0 Å². The Morgan fingerprint density at radius 3 is 2.48 bits per heavy atom. The number of carbonyl (C=O) groups is 3. The number of fused-ring (bicyclic) bond motifs is 6. The molecule has 1 aromatic carbocycles. The van der Waals surface area contributed by atoms with Gasteiger partial charge in [0.2, 0.25) is 17.7 Å². The number of hydrogen-bond donors (Lipinski definition) is 1. The van der Waals surface area contributed by atoms with Gasteiger partial charge in [-0.25, -0.2) is 4.68 Å². The Labute approximate surface area is 179 Å². The van der Waals surface area contributed by atoms with Crippen LogP contribution >= 0.6 is 0 Å². The van der Waals surface area contributed by atoms with Crippen molar-refractivity contribution in [2.45, 2.75) is 45.2 Å². The first-order valence-corrected chi connectivity index (χ1v) is 11.1. The van der Waals surface area contributed by atoms with Crippen molar-refractivity contribution in [3.63, 3.8) is 0 Å². The van der Waals surface area contributed by atoms with Crippen LogP contribution in [0.25, 0.3) is 10.8 Å². The van der Waals surface area contributed by atoms with E-state index in [1.54, 1.807) is 18.3 Å². The molecule has 8 heteroatoms. The Bertz CT molecular complexity index is 1100. The minimum Gasteiger partial charge on any atom is -0.350 e. The van der Waals surface area contributed by atoms with Crippen molar-refractivity contribution in [3.05, 3.63) is 40.8 Å². The van der Waals surface area contributed by atoms with E-state index in [1.165, 1.54) is 4.68 Å². The van der Waals surface area contributed by atoms with Crippen LogP contribution in [0.1, 0.15) is 32.6 Å². The van der Waals surface area contributed by atoms with Gasteiger partial charge in [0.25, 0.3) is 5.56 Å². The first-order valence-electron chi connectivity index (χ1n) is 11.1. The third kappa shape index (κ3) is 3.25. The summed E-state index contributed by atoms with van der Waals surface area (Å²) in [7, 11) is 0. The number of hydrogen-bond acceptors (Lipinski definition) is 5. The van der Waals surface area contributed by atoms with E-state index in [1.807, 2.05) is 19.1 Å². The Morgan fingerprint density at radius 1 is 1.13 bits per heavy atom. The molecule has 1 aliphatic heterocycles. The summed E-state index contributed by atoms with van der Waals surface area (Å²) < 4.78 is 1.35. The van der Waals surface area contributed by atoms with E-state index in [2.05, 4.69) is 10.4 Å². The summed E-state index contributed by atoms with van der Waals surface area (Å²) >= 11 is 0. The average molecular weight is 422 g/mol. The van der Waals surface area contributed by atoms with Gasteiger partial charge >= 0.3 is 0 Å². The largest absolute Gasteiger partial charge is 0.350 e. The summed E-state index contributed by atoms with van der Waals surface area (Å²) in [6.45, 7) is 1.88. The number of likely N-dealkylation sites (tertiary alicyclic amines) is 1. The second kappa shape index (κ2) is 7.59. The lowest BCUT2D eigenvalue weighted by atomic mass is 9.81. The molecular formula is C23H26N4O4. The lowest BCUT2D eigenvalue weighted by molar-refractivity contribution is -0.144. The highest BCUT2D eigenvalue weighted by atomic mass is 16.2. The number of benzene rings is 1. The predicted octanol–water partition coefficient (Wildman–Crippen LogP) is 1.32. The van der Waals surface area contributed by atoms with Crippen molar-refractivity contribution in [3.8, 4) is 0 Å². The molecule has 2 heterocycles. The van der Waals surface area contributed by atoms with Crippen molar-refractivity contribution in [1.29, 1.82) is 0 Å². The summed E-state index contributed by atoms with van der Waals surface area (Å²) in [6, 6.07) is 6.91. The Balaban J connectivity index is 1.26. The Morgan fingerprint density at radius 2 is 1.81 bits per heavy atom. The molecule has 0 spiro atoms. The van der Waals surface area contributed by atoms with Crippen molar-refractivity contribution in [2.75, 3.05) is 6.54 Å². The number of nitrogens with zero attached hydrogens (tertiary/aromatic N) is 3. The van der Waals surface area contributed by atoms with Crippen LogP contribution in [0.15, 0.2) is 35.3 Å². The quantitative estimate of drug-likeness (QED) is 0.708. The molecule has 31 heavy (non-hydrogen) atoms. The topological polar surface area (TPSA) is 101 Å². The predicted molar refractivity (Wildman–Crippen MR) is 113 cm³/mol. The zero-order chi connectivity index (χ0) is 21.7. The first-order chi connectivity index (χ1) is 15.0. The fourth-order valence-electron chi connectivity index (χ4n) is 5.79. The van der Waals surface area contributed by atoms with E-state index < -0.39 is 0 Å². The smallest absolute Gasteiger partial charge is 0.274 e. The highest BCUT2D eigenvalue weighted by Gasteiger charge is 2.60. The van der Waals surface area contributed by atoms with Gasteiger partial charge < -0.3 is 5.32 Å². The molecule has 162 valence electrons. The van der Waals surface area contributed by atoms with Crippen LogP contribution in [0, 0.1) is 23.7 Å². The van der Waals surface area contributed by atoms with Crippen LogP contribution in [0.3, 0.4) is 0 Å². The van der Waals surface area contributed by atoms with E-state index in [9.17, 15) is 19.2 Å². The molecule has 1 N–H and O–H groups in total. The molecule has 2 saturated carbocycles. The molecule has 1 saturated heterocycles. The summed E-state index contributed by atoms with van der Waals surface area (Å²) in [5.74, 6) is -0.587. The molecule has 2 aliphatic carbocycles. The first kappa shape index (κ1) is 19.9. The third-order valence-electron chi connectivity index (χ3n) is 7.33. The maximum atomic E-state index is 12.8. The van der Waals surface area contributed by atoms with Crippen LogP contribution in [0.5, 0.6) is 0 Å². The maximum absolute atomic E-state index is 12.8. The lowest BCUT2D eigenvalue weighted by Gasteiger charge is -2.21. The molecule has 3 aliphatic rings.